The predicted molar refractivity (Wildman–Crippen MR) is 111 cm³/mol. The van der Waals surface area contributed by atoms with E-state index in [9.17, 15) is 0 Å². The zero-order chi connectivity index (χ0) is 17.5. The van der Waals surface area contributed by atoms with Crippen LogP contribution in [0.3, 0.4) is 0 Å². The van der Waals surface area contributed by atoms with Gasteiger partial charge in [-0.2, -0.15) is 0 Å². The molecule has 0 fully saturated rings. The summed E-state index contributed by atoms with van der Waals surface area (Å²) in [5, 5.41) is 14.5. The molecule has 6 heteroatoms. The number of likely N-dealkylation sites (N-methyl/N-ethyl adjacent to an activating group) is 1. The Morgan fingerprint density at radius 3 is 2.88 bits per heavy atom. The van der Waals surface area contributed by atoms with Crippen LogP contribution in [-0.2, 0) is 0 Å². The summed E-state index contributed by atoms with van der Waals surface area (Å²) >= 11 is 8.39. The summed E-state index contributed by atoms with van der Waals surface area (Å²) in [6.45, 7) is 7.33. The number of pyridine rings is 1. The number of aliphatic hydroxyl groups excluding tert-OH is 1. The van der Waals surface area contributed by atoms with Crippen molar-refractivity contribution in [2.75, 3.05) is 31.6 Å². The van der Waals surface area contributed by atoms with Crippen molar-refractivity contribution in [3.05, 3.63) is 33.0 Å². The molecule has 24 heavy (non-hydrogen) atoms. The Hall–Kier alpha value is -0.630. The summed E-state index contributed by atoms with van der Waals surface area (Å²) in [6, 6.07) is 6.21. The van der Waals surface area contributed by atoms with Crippen molar-refractivity contribution in [1.82, 2.24) is 9.88 Å². The zero-order valence-corrected chi connectivity index (χ0v) is 17.1. The molecule has 0 spiro atoms. The second-order valence-corrected chi connectivity index (χ2v) is 7.59. The molecule has 2 N–H and O–H groups in total. The highest BCUT2D eigenvalue weighted by atomic mass is 127. The zero-order valence-electron chi connectivity index (χ0n) is 14.2. The van der Waals surface area contributed by atoms with Crippen LogP contribution in [0.5, 0.6) is 0 Å². The lowest BCUT2D eigenvalue weighted by atomic mass is 10.1. The van der Waals surface area contributed by atoms with E-state index in [2.05, 4.69) is 51.6 Å². The molecule has 0 aliphatic carbocycles. The average Bonchev–Trinajstić information content (AvgIpc) is 2.56. The first kappa shape index (κ1) is 19.7. The van der Waals surface area contributed by atoms with Crippen LogP contribution in [0.2, 0.25) is 5.02 Å². The van der Waals surface area contributed by atoms with Crippen molar-refractivity contribution in [2.45, 2.75) is 32.7 Å². The minimum Gasteiger partial charge on any atom is -0.395 e. The van der Waals surface area contributed by atoms with Crippen molar-refractivity contribution >= 4 is 50.8 Å². The first-order chi connectivity index (χ1) is 11.5. The van der Waals surface area contributed by atoms with Crippen LogP contribution in [0.25, 0.3) is 10.9 Å². The Morgan fingerprint density at radius 2 is 2.17 bits per heavy atom. The van der Waals surface area contributed by atoms with Crippen molar-refractivity contribution < 1.29 is 5.11 Å². The maximum Gasteiger partial charge on any atom is 0.0738 e. The number of anilines is 1. The molecular weight excluding hydrogens is 437 g/mol. The summed E-state index contributed by atoms with van der Waals surface area (Å²) in [7, 11) is 0. The van der Waals surface area contributed by atoms with E-state index in [0.29, 0.717) is 11.1 Å². The van der Waals surface area contributed by atoms with Crippen LogP contribution >= 0.6 is 34.2 Å². The molecule has 2 aromatic rings. The van der Waals surface area contributed by atoms with Gasteiger partial charge in [-0.25, -0.2) is 0 Å². The summed E-state index contributed by atoms with van der Waals surface area (Å²) in [5.41, 5.74) is 2.05. The van der Waals surface area contributed by atoms with Gasteiger partial charge in [0.25, 0.3) is 0 Å². The lowest BCUT2D eigenvalue weighted by Crippen LogP contribution is -2.28. The Morgan fingerprint density at radius 1 is 1.38 bits per heavy atom. The highest BCUT2D eigenvalue weighted by Gasteiger charge is 2.11. The van der Waals surface area contributed by atoms with Crippen molar-refractivity contribution in [3.63, 3.8) is 0 Å². The van der Waals surface area contributed by atoms with E-state index in [0.717, 1.165) is 52.6 Å². The van der Waals surface area contributed by atoms with E-state index in [1.165, 1.54) is 0 Å². The van der Waals surface area contributed by atoms with Crippen LogP contribution < -0.4 is 5.32 Å². The van der Waals surface area contributed by atoms with Gasteiger partial charge in [0.1, 0.15) is 0 Å². The Balaban J connectivity index is 2.00. The van der Waals surface area contributed by atoms with Gasteiger partial charge in [0.2, 0.25) is 0 Å². The standard InChI is InChI=1S/C18H25ClIN3O/c1-3-23(9-10-24)8-4-5-13(2)22-18-15-7-6-14(19)11-17(15)21-12-16(18)20/h6-7,11-13,24H,3-5,8-10H2,1-2H3,(H,21,22)/t13-/m0/s1. The van der Waals surface area contributed by atoms with E-state index in [-0.39, 0.29) is 6.61 Å². The third-order valence-corrected chi connectivity index (χ3v) is 5.20. The predicted octanol–water partition coefficient (Wildman–Crippen LogP) is 4.39. The smallest absolute Gasteiger partial charge is 0.0738 e. The summed E-state index contributed by atoms with van der Waals surface area (Å²) in [4.78, 5) is 6.74. The van der Waals surface area contributed by atoms with Gasteiger partial charge in [-0.15, -0.1) is 0 Å². The highest BCUT2D eigenvalue weighted by Crippen LogP contribution is 2.29. The number of aliphatic hydroxyl groups is 1. The number of rotatable bonds is 9. The molecule has 1 atom stereocenters. The van der Waals surface area contributed by atoms with Gasteiger partial charge in [-0.05, 0) is 73.6 Å². The molecule has 0 unspecified atom stereocenters. The molecule has 132 valence electrons. The second-order valence-electron chi connectivity index (χ2n) is 5.99. The number of halogens is 2. The molecule has 1 aromatic heterocycles. The third-order valence-electron chi connectivity index (χ3n) is 4.15. The number of fused-ring (bicyclic) bond motifs is 1. The first-order valence-corrected chi connectivity index (χ1v) is 9.84. The summed E-state index contributed by atoms with van der Waals surface area (Å²) in [6.07, 6.45) is 4.07. The monoisotopic (exact) mass is 461 g/mol. The quantitative estimate of drug-likeness (QED) is 0.544. The van der Waals surface area contributed by atoms with Crippen LogP contribution in [0.1, 0.15) is 26.7 Å². The largest absolute Gasteiger partial charge is 0.395 e. The number of hydrogen-bond donors (Lipinski definition) is 2. The minimum absolute atomic E-state index is 0.228. The molecule has 0 aliphatic heterocycles. The lowest BCUT2D eigenvalue weighted by molar-refractivity contribution is 0.199. The Kier molecular flexibility index (Phi) is 8.00. The van der Waals surface area contributed by atoms with Gasteiger partial charge in [-0.3, -0.25) is 4.98 Å². The third kappa shape index (κ3) is 5.44. The molecular formula is C18H25ClIN3O. The molecule has 0 radical (unpaired) electrons. The number of nitrogens with one attached hydrogen (secondary N) is 1. The van der Waals surface area contributed by atoms with Gasteiger partial charge >= 0.3 is 0 Å². The molecule has 0 aliphatic rings. The maximum atomic E-state index is 9.05. The minimum atomic E-state index is 0.228. The highest BCUT2D eigenvalue weighted by molar-refractivity contribution is 14.1. The maximum absolute atomic E-state index is 9.05. The fourth-order valence-electron chi connectivity index (χ4n) is 2.80. The normalized spacial score (nSPS) is 12.8. The van der Waals surface area contributed by atoms with E-state index in [1.54, 1.807) is 0 Å². The lowest BCUT2D eigenvalue weighted by Gasteiger charge is -2.22. The summed E-state index contributed by atoms with van der Waals surface area (Å²) in [5.74, 6) is 0. The molecule has 2 rings (SSSR count). The van der Waals surface area contributed by atoms with Gasteiger partial charge in [-0.1, -0.05) is 18.5 Å². The molecule has 0 saturated carbocycles. The van der Waals surface area contributed by atoms with Crippen LogP contribution in [0.15, 0.2) is 24.4 Å². The van der Waals surface area contributed by atoms with Gasteiger partial charge in [0.15, 0.2) is 0 Å². The Labute approximate surface area is 162 Å². The van der Waals surface area contributed by atoms with E-state index >= 15 is 0 Å². The van der Waals surface area contributed by atoms with Crippen molar-refractivity contribution in [1.29, 1.82) is 0 Å². The molecule has 4 nitrogen and oxygen atoms in total. The summed E-state index contributed by atoms with van der Waals surface area (Å²) < 4.78 is 1.12. The average molecular weight is 462 g/mol. The fraction of sp³-hybridized carbons (Fsp3) is 0.500. The molecule has 0 amide bonds. The number of hydrogen-bond acceptors (Lipinski definition) is 4. The van der Waals surface area contributed by atoms with E-state index in [1.807, 2.05) is 24.4 Å². The van der Waals surface area contributed by atoms with Crippen LogP contribution in [0.4, 0.5) is 5.69 Å². The van der Waals surface area contributed by atoms with Crippen molar-refractivity contribution in [3.8, 4) is 0 Å². The fourth-order valence-corrected chi connectivity index (χ4v) is 3.55. The second kappa shape index (κ2) is 9.75. The SMILES string of the molecule is CCN(CCO)CCC[C@H](C)Nc1c(I)cnc2cc(Cl)ccc12. The molecule has 0 bridgehead atoms. The van der Waals surface area contributed by atoms with Crippen molar-refractivity contribution in [2.24, 2.45) is 0 Å². The Bertz CT molecular complexity index is 668. The van der Waals surface area contributed by atoms with Gasteiger partial charge in [0, 0.05) is 29.2 Å². The molecule has 1 heterocycles. The topological polar surface area (TPSA) is 48.4 Å². The number of nitrogens with zero attached hydrogens (tertiary/aromatic N) is 2. The van der Waals surface area contributed by atoms with Crippen LogP contribution in [-0.4, -0.2) is 47.3 Å². The number of benzene rings is 1. The molecule has 1 aromatic carbocycles. The van der Waals surface area contributed by atoms with E-state index in [4.69, 9.17) is 16.7 Å². The van der Waals surface area contributed by atoms with Gasteiger partial charge < -0.3 is 15.3 Å². The van der Waals surface area contributed by atoms with Gasteiger partial charge in [0.05, 0.1) is 21.4 Å². The van der Waals surface area contributed by atoms with Crippen LogP contribution in [0, 0.1) is 3.57 Å². The first-order valence-electron chi connectivity index (χ1n) is 8.38. The molecule has 0 saturated heterocycles. The number of aromatic nitrogens is 1. The van der Waals surface area contributed by atoms with E-state index < -0.39 is 0 Å².